The van der Waals surface area contributed by atoms with Gasteiger partial charge in [0, 0.05) is 28.3 Å². The Balaban J connectivity index is 1.66. The van der Waals surface area contributed by atoms with Gasteiger partial charge in [0.2, 0.25) is 0 Å². The lowest BCUT2D eigenvalue weighted by Crippen LogP contribution is -2.27. The highest BCUT2D eigenvalue weighted by Crippen LogP contribution is 2.47. The van der Waals surface area contributed by atoms with Gasteiger partial charge in [0.1, 0.15) is 0 Å². The van der Waals surface area contributed by atoms with Crippen molar-refractivity contribution in [2.24, 2.45) is 0 Å². The topological polar surface area (TPSA) is 59.6 Å². The van der Waals surface area contributed by atoms with Crippen LogP contribution in [0.15, 0.2) is 78.0 Å². The van der Waals surface area contributed by atoms with Crippen LogP contribution >= 0.6 is 11.6 Å². The minimum absolute atomic E-state index is 0.00978. The molecule has 0 aromatic heterocycles. The number of para-hydroxylation sites is 3. The predicted molar refractivity (Wildman–Crippen MR) is 131 cm³/mol. The molecule has 2 atom stereocenters. The highest BCUT2D eigenvalue weighted by molar-refractivity contribution is 6.31. The van der Waals surface area contributed by atoms with Crippen LogP contribution in [0.2, 0.25) is 5.02 Å². The van der Waals surface area contributed by atoms with E-state index in [2.05, 4.69) is 10.6 Å². The molecule has 0 radical (unpaired) electrons. The SMILES string of the molecule is COc1cccc(C2Nc3ccccc3NC3=C2C(=O)CC(c2ccccc2Cl)C3)c1OC. The quantitative estimate of drug-likeness (QED) is 0.476. The number of allylic oxidation sites excluding steroid dienone is 1. The first kappa shape index (κ1) is 21.4. The third kappa shape index (κ3) is 3.83. The average Bonchev–Trinajstić information content (AvgIpc) is 3.00. The Bertz CT molecular complexity index is 1250. The molecule has 5 rings (SSSR count). The van der Waals surface area contributed by atoms with Crippen molar-refractivity contribution in [2.75, 3.05) is 24.9 Å². The van der Waals surface area contributed by atoms with Crippen molar-refractivity contribution in [3.63, 3.8) is 0 Å². The Morgan fingerprint density at radius 2 is 1.58 bits per heavy atom. The molecule has 33 heavy (non-hydrogen) atoms. The van der Waals surface area contributed by atoms with Crippen molar-refractivity contribution in [3.8, 4) is 11.5 Å². The van der Waals surface area contributed by atoms with Gasteiger partial charge in [0.15, 0.2) is 17.3 Å². The maximum Gasteiger partial charge on any atom is 0.166 e. The summed E-state index contributed by atoms with van der Waals surface area (Å²) in [5, 5.41) is 7.84. The van der Waals surface area contributed by atoms with Crippen LogP contribution < -0.4 is 20.1 Å². The first-order chi connectivity index (χ1) is 16.1. The number of methoxy groups -OCH3 is 2. The molecule has 0 fully saturated rings. The zero-order chi connectivity index (χ0) is 22.9. The molecule has 0 spiro atoms. The van der Waals surface area contributed by atoms with E-state index in [1.807, 2.05) is 66.7 Å². The number of hydrogen-bond donors (Lipinski definition) is 2. The molecule has 0 saturated carbocycles. The van der Waals surface area contributed by atoms with Gasteiger partial charge >= 0.3 is 0 Å². The molecule has 2 aliphatic rings. The molecule has 3 aromatic rings. The Morgan fingerprint density at radius 1 is 0.848 bits per heavy atom. The maximum absolute atomic E-state index is 13.7. The minimum Gasteiger partial charge on any atom is -0.493 e. The highest BCUT2D eigenvalue weighted by atomic mass is 35.5. The van der Waals surface area contributed by atoms with Gasteiger partial charge in [-0.05, 0) is 42.2 Å². The Kier molecular flexibility index (Phi) is 5.73. The van der Waals surface area contributed by atoms with Crippen LogP contribution in [0.25, 0.3) is 0 Å². The number of Topliss-reactive ketones (excluding diaryl/α,β-unsaturated/α-hetero) is 1. The van der Waals surface area contributed by atoms with Crippen LogP contribution in [-0.2, 0) is 4.79 Å². The molecular weight excluding hydrogens is 436 g/mol. The molecule has 5 nitrogen and oxygen atoms in total. The van der Waals surface area contributed by atoms with Crippen LogP contribution in [-0.4, -0.2) is 20.0 Å². The number of benzene rings is 3. The monoisotopic (exact) mass is 460 g/mol. The molecule has 1 aliphatic carbocycles. The fraction of sp³-hybridized carbons (Fsp3) is 0.222. The molecule has 0 bridgehead atoms. The van der Waals surface area contributed by atoms with Gasteiger partial charge in [-0.1, -0.05) is 54.1 Å². The average molecular weight is 461 g/mol. The van der Waals surface area contributed by atoms with Crippen LogP contribution in [0.3, 0.4) is 0 Å². The van der Waals surface area contributed by atoms with Crippen LogP contribution in [0.4, 0.5) is 11.4 Å². The molecule has 1 heterocycles. The zero-order valence-corrected chi connectivity index (χ0v) is 19.3. The molecule has 6 heteroatoms. The lowest BCUT2D eigenvalue weighted by molar-refractivity contribution is -0.116. The molecule has 0 saturated heterocycles. The summed E-state index contributed by atoms with van der Waals surface area (Å²) in [4.78, 5) is 13.7. The molecular formula is C27H25ClN2O3. The smallest absolute Gasteiger partial charge is 0.166 e. The third-order valence-corrected chi connectivity index (χ3v) is 6.74. The number of nitrogens with one attached hydrogen (secondary N) is 2. The first-order valence-corrected chi connectivity index (χ1v) is 11.3. The lowest BCUT2D eigenvalue weighted by Gasteiger charge is -2.31. The largest absolute Gasteiger partial charge is 0.493 e. The summed E-state index contributed by atoms with van der Waals surface area (Å²) >= 11 is 6.50. The summed E-state index contributed by atoms with van der Waals surface area (Å²) in [5.74, 6) is 1.34. The summed E-state index contributed by atoms with van der Waals surface area (Å²) in [6.45, 7) is 0. The second-order valence-corrected chi connectivity index (χ2v) is 8.68. The zero-order valence-electron chi connectivity index (χ0n) is 18.5. The predicted octanol–water partition coefficient (Wildman–Crippen LogP) is 6.34. The fourth-order valence-corrected chi connectivity index (χ4v) is 5.18. The summed E-state index contributed by atoms with van der Waals surface area (Å²) in [5.41, 5.74) is 5.34. The van der Waals surface area contributed by atoms with Crippen molar-refractivity contribution in [1.29, 1.82) is 0 Å². The van der Waals surface area contributed by atoms with E-state index < -0.39 is 0 Å². The van der Waals surface area contributed by atoms with Gasteiger partial charge in [-0.2, -0.15) is 0 Å². The van der Waals surface area contributed by atoms with E-state index in [1.165, 1.54) is 0 Å². The van der Waals surface area contributed by atoms with E-state index in [1.54, 1.807) is 14.2 Å². The summed E-state index contributed by atoms with van der Waals surface area (Å²) in [6.07, 6.45) is 1.08. The number of anilines is 2. The van der Waals surface area contributed by atoms with Crippen molar-refractivity contribution >= 4 is 28.8 Å². The van der Waals surface area contributed by atoms with Crippen molar-refractivity contribution in [3.05, 3.63) is 94.1 Å². The number of carbonyl (C=O) groups is 1. The second-order valence-electron chi connectivity index (χ2n) is 8.27. The van der Waals surface area contributed by atoms with Crippen molar-refractivity contribution in [2.45, 2.75) is 24.8 Å². The standard InChI is InChI=1S/C27H25ClN2O3/c1-32-24-13-7-9-18(27(24)33-2)26-25-22(29-20-11-5-6-12-21(20)30-26)14-16(15-23(25)31)17-8-3-4-10-19(17)28/h3-13,16,26,29-30H,14-15H2,1-2H3. The van der Waals surface area contributed by atoms with Crippen LogP contribution in [0, 0.1) is 0 Å². The van der Waals surface area contributed by atoms with E-state index in [-0.39, 0.29) is 17.7 Å². The molecule has 0 amide bonds. The van der Waals surface area contributed by atoms with Gasteiger partial charge < -0.3 is 20.1 Å². The Morgan fingerprint density at radius 3 is 2.33 bits per heavy atom. The number of ketones is 1. The van der Waals surface area contributed by atoms with Crippen LogP contribution in [0.5, 0.6) is 11.5 Å². The Hall–Kier alpha value is -3.44. The minimum atomic E-state index is -0.388. The third-order valence-electron chi connectivity index (χ3n) is 6.40. The summed E-state index contributed by atoms with van der Waals surface area (Å²) in [7, 11) is 3.24. The maximum atomic E-state index is 13.7. The van der Waals surface area contributed by atoms with E-state index in [0.29, 0.717) is 29.4 Å². The first-order valence-electron chi connectivity index (χ1n) is 10.9. The number of carbonyl (C=O) groups excluding carboxylic acids is 1. The van der Waals surface area contributed by atoms with Gasteiger partial charge in [-0.25, -0.2) is 0 Å². The number of hydrogen-bond acceptors (Lipinski definition) is 5. The molecule has 3 aromatic carbocycles. The van der Waals surface area contributed by atoms with Gasteiger partial charge in [-0.3, -0.25) is 4.79 Å². The van der Waals surface area contributed by atoms with Crippen LogP contribution in [0.1, 0.15) is 35.9 Å². The van der Waals surface area contributed by atoms with Crippen molar-refractivity contribution in [1.82, 2.24) is 0 Å². The Labute approximate surface area is 198 Å². The van der Waals surface area contributed by atoms with E-state index in [9.17, 15) is 4.79 Å². The molecule has 168 valence electrons. The highest BCUT2D eigenvalue weighted by Gasteiger charge is 2.37. The summed E-state index contributed by atoms with van der Waals surface area (Å²) in [6, 6.07) is 21.1. The molecule has 1 aliphatic heterocycles. The van der Waals surface area contributed by atoms with Gasteiger partial charge in [0.05, 0.1) is 31.6 Å². The normalized spacial score (nSPS) is 19.5. The molecule has 2 N–H and O–H groups in total. The van der Waals surface area contributed by atoms with E-state index in [4.69, 9.17) is 21.1 Å². The number of halogens is 1. The second kappa shape index (κ2) is 8.83. The van der Waals surface area contributed by atoms with E-state index in [0.717, 1.165) is 33.8 Å². The number of fused-ring (bicyclic) bond motifs is 1. The van der Waals surface area contributed by atoms with Gasteiger partial charge in [0.25, 0.3) is 0 Å². The van der Waals surface area contributed by atoms with Gasteiger partial charge in [-0.15, -0.1) is 0 Å². The number of ether oxygens (including phenoxy) is 2. The lowest BCUT2D eigenvalue weighted by atomic mass is 9.78. The van der Waals surface area contributed by atoms with E-state index >= 15 is 0 Å². The van der Waals surface area contributed by atoms with Crippen molar-refractivity contribution < 1.29 is 14.3 Å². The number of rotatable bonds is 4. The summed E-state index contributed by atoms with van der Waals surface area (Å²) < 4.78 is 11.3. The fourth-order valence-electron chi connectivity index (χ4n) is 4.89. The molecule has 2 unspecified atom stereocenters.